The first-order valence-corrected chi connectivity index (χ1v) is 17.6. The van der Waals surface area contributed by atoms with Crippen LogP contribution in [0.25, 0.3) is 100 Å². The molecule has 0 fully saturated rings. The molecule has 0 atom stereocenters. The van der Waals surface area contributed by atoms with Gasteiger partial charge in [0.1, 0.15) is 11.2 Å². The third-order valence-electron chi connectivity index (χ3n) is 9.86. The maximum Gasteiger partial charge on any atom is 0.160 e. The minimum Gasteiger partial charge on any atom is -0.455 e. The zero-order valence-corrected chi connectivity index (χ0v) is 28.5. The van der Waals surface area contributed by atoms with Gasteiger partial charge in [-0.3, -0.25) is 9.97 Å². The van der Waals surface area contributed by atoms with Crippen molar-refractivity contribution in [3.8, 4) is 67.3 Å². The third-order valence-corrected chi connectivity index (χ3v) is 9.86. The number of rotatable bonds is 6. The van der Waals surface area contributed by atoms with E-state index < -0.39 is 0 Å². The Morgan fingerprint density at radius 1 is 0.396 bits per heavy atom. The summed E-state index contributed by atoms with van der Waals surface area (Å²) in [4.78, 5) is 19.4. The van der Waals surface area contributed by atoms with Crippen molar-refractivity contribution in [1.29, 1.82) is 0 Å². The Morgan fingerprint density at radius 3 is 2.02 bits per heavy atom. The normalized spacial score (nSPS) is 11.4. The van der Waals surface area contributed by atoms with Gasteiger partial charge in [-0.1, -0.05) is 115 Å². The lowest BCUT2D eigenvalue weighted by Crippen LogP contribution is -1.97. The van der Waals surface area contributed by atoms with Crippen LogP contribution < -0.4 is 0 Å². The Bertz CT molecular complexity index is 2950. The Hall–Kier alpha value is -7.24. The summed E-state index contributed by atoms with van der Waals surface area (Å²) in [6.07, 6.45) is 5.50. The quantitative estimate of drug-likeness (QED) is 0.175. The number of hydrogen-bond donors (Lipinski definition) is 0. The van der Waals surface area contributed by atoms with Gasteiger partial charge in [-0.15, -0.1) is 0 Å². The van der Waals surface area contributed by atoms with Crippen LogP contribution in [0.5, 0.6) is 0 Å². The van der Waals surface area contributed by atoms with Crippen LogP contribution in [0, 0.1) is 0 Å². The van der Waals surface area contributed by atoms with Crippen molar-refractivity contribution in [3.63, 3.8) is 0 Å². The molecule has 0 N–H and O–H groups in total. The van der Waals surface area contributed by atoms with E-state index in [2.05, 4.69) is 131 Å². The molecule has 0 saturated heterocycles. The summed E-state index contributed by atoms with van der Waals surface area (Å²) in [5, 5.41) is 3.29. The van der Waals surface area contributed by atoms with Gasteiger partial charge in [0.2, 0.25) is 0 Å². The van der Waals surface area contributed by atoms with E-state index in [1.807, 2.05) is 54.9 Å². The lowest BCUT2D eigenvalue weighted by atomic mass is 9.91. The number of pyridine rings is 2. The van der Waals surface area contributed by atoms with E-state index in [1.54, 1.807) is 6.20 Å². The monoisotopic (exact) mass is 678 g/mol. The van der Waals surface area contributed by atoms with E-state index in [1.165, 1.54) is 0 Å². The molecule has 10 aromatic rings. The second kappa shape index (κ2) is 12.8. The summed E-state index contributed by atoms with van der Waals surface area (Å²) in [5.74, 6) is 0.624. The summed E-state index contributed by atoms with van der Waals surface area (Å²) in [5.41, 5.74) is 13.6. The Balaban J connectivity index is 1.18. The molecule has 0 unspecified atom stereocenters. The summed E-state index contributed by atoms with van der Waals surface area (Å²) >= 11 is 0. The smallest absolute Gasteiger partial charge is 0.160 e. The van der Waals surface area contributed by atoms with Gasteiger partial charge in [-0.25, -0.2) is 9.97 Å². The Morgan fingerprint density at radius 2 is 1.13 bits per heavy atom. The number of aromatic nitrogens is 4. The first-order chi connectivity index (χ1) is 26.3. The molecule has 0 radical (unpaired) electrons. The maximum absolute atomic E-state index is 6.56. The van der Waals surface area contributed by atoms with E-state index >= 15 is 0 Å². The molecule has 4 aromatic heterocycles. The fourth-order valence-corrected chi connectivity index (χ4v) is 7.31. The molecular weight excluding hydrogens is 649 g/mol. The number of benzene rings is 6. The highest BCUT2D eigenvalue weighted by Gasteiger charge is 2.19. The largest absolute Gasteiger partial charge is 0.455 e. The Kier molecular flexibility index (Phi) is 7.40. The highest BCUT2D eigenvalue weighted by Crippen LogP contribution is 2.42. The molecule has 10 rings (SSSR count). The third kappa shape index (κ3) is 5.52. The lowest BCUT2D eigenvalue weighted by molar-refractivity contribution is 0.670. The van der Waals surface area contributed by atoms with Gasteiger partial charge >= 0.3 is 0 Å². The van der Waals surface area contributed by atoms with Gasteiger partial charge < -0.3 is 4.42 Å². The zero-order chi connectivity index (χ0) is 35.1. The summed E-state index contributed by atoms with van der Waals surface area (Å²) in [7, 11) is 0. The van der Waals surface area contributed by atoms with Crippen molar-refractivity contribution < 1.29 is 4.42 Å². The van der Waals surface area contributed by atoms with Crippen LogP contribution in [-0.2, 0) is 0 Å². The predicted molar refractivity (Wildman–Crippen MR) is 215 cm³/mol. The van der Waals surface area contributed by atoms with Gasteiger partial charge in [-0.05, 0) is 76.3 Å². The van der Waals surface area contributed by atoms with E-state index in [4.69, 9.17) is 14.4 Å². The molecule has 0 amide bonds. The molecule has 0 aliphatic rings. The van der Waals surface area contributed by atoms with E-state index in [0.29, 0.717) is 5.82 Å². The molecule has 6 aromatic carbocycles. The lowest BCUT2D eigenvalue weighted by Gasteiger charge is -2.15. The molecule has 5 heteroatoms. The maximum atomic E-state index is 6.56. The molecule has 5 nitrogen and oxygen atoms in total. The van der Waals surface area contributed by atoms with Crippen LogP contribution in [0.1, 0.15) is 0 Å². The highest BCUT2D eigenvalue weighted by atomic mass is 16.3. The van der Waals surface area contributed by atoms with Crippen molar-refractivity contribution in [1.82, 2.24) is 19.9 Å². The molecule has 0 aliphatic heterocycles. The highest BCUT2D eigenvalue weighted by molar-refractivity contribution is 6.10. The van der Waals surface area contributed by atoms with Crippen molar-refractivity contribution in [3.05, 3.63) is 182 Å². The zero-order valence-electron chi connectivity index (χ0n) is 28.5. The van der Waals surface area contributed by atoms with Gasteiger partial charge in [-0.2, -0.15) is 0 Å². The first-order valence-electron chi connectivity index (χ1n) is 17.6. The molecule has 0 saturated carbocycles. The van der Waals surface area contributed by atoms with E-state index in [0.717, 1.165) is 94.3 Å². The summed E-state index contributed by atoms with van der Waals surface area (Å²) in [6.45, 7) is 0. The molecule has 248 valence electrons. The first kappa shape index (κ1) is 30.6. The molecule has 0 spiro atoms. The predicted octanol–water partition coefficient (Wildman–Crippen LogP) is 12.3. The average Bonchev–Trinajstić information content (AvgIpc) is 3.63. The fraction of sp³-hybridized carbons (Fsp3) is 0. The summed E-state index contributed by atoms with van der Waals surface area (Å²) < 4.78 is 6.56. The van der Waals surface area contributed by atoms with Gasteiger partial charge in [0.25, 0.3) is 0 Å². The molecule has 0 aliphatic carbocycles. The second-order valence-electron chi connectivity index (χ2n) is 13.1. The molecule has 0 bridgehead atoms. The SMILES string of the molecule is c1ccc(-c2ccc(-c3nc(-c4cccnc4)cc(-c4cccc(-c5ccnc6ccccc56)c4)n3)cc2-c2cccc3c2oc2ccccc23)cc1. The number of fused-ring (bicyclic) bond motifs is 4. The van der Waals surface area contributed by atoms with Crippen LogP contribution in [-0.4, -0.2) is 19.9 Å². The molecular formula is C48H30N4O. The van der Waals surface area contributed by atoms with Crippen LogP contribution >= 0.6 is 0 Å². The standard InChI is InChI=1S/C48H30N4O/c1-2-11-31(12-3-1)36-23-22-34(28-42(36)41-19-9-18-40-39-17-5-7-21-46(39)53-47(40)41)48-51-44(29-45(52-48)35-15-10-25-49-30-35)33-14-8-13-32(27-33)37-24-26-50-43-20-6-4-16-38(37)43/h1-30H. The van der Waals surface area contributed by atoms with Crippen molar-refractivity contribution in [2.24, 2.45) is 0 Å². The van der Waals surface area contributed by atoms with Gasteiger partial charge in [0, 0.05) is 57.0 Å². The average molecular weight is 679 g/mol. The fourth-order valence-electron chi connectivity index (χ4n) is 7.31. The van der Waals surface area contributed by atoms with Gasteiger partial charge in [0.05, 0.1) is 16.9 Å². The van der Waals surface area contributed by atoms with E-state index in [9.17, 15) is 0 Å². The molecule has 53 heavy (non-hydrogen) atoms. The topological polar surface area (TPSA) is 64.7 Å². The van der Waals surface area contributed by atoms with Crippen molar-refractivity contribution in [2.75, 3.05) is 0 Å². The van der Waals surface area contributed by atoms with Crippen molar-refractivity contribution >= 4 is 32.8 Å². The number of hydrogen-bond acceptors (Lipinski definition) is 5. The number of nitrogens with zero attached hydrogens (tertiary/aromatic N) is 4. The molecule has 4 heterocycles. The van der Waals surface area contributed by atoms with Crippen LogP contribution in [0.15, 0.2) is 187 Å². The second-order valence-corrected chi connectivity index (χ2v) is 13.1. The van der Waals surface area contributed by atoms with Crippen LogP contribution in [0.2, 0.25) is 0 Å². The van der Waals surface area contributed by atoms with Gasteiger partial charge in [0.15, 0.2) is 5.82 Å². The van der Waals surface area contributed by atoms with Crippen LogP contribution in [0.4, 0.5) is 0 Å². The van der Waals surface area contributed by atoms with Crippen molar-refractivity contribution in [2.45, 2.75) is 0 Å². The Labute approximate surface area is 305 Å². The van der Waals surface area contributed by atoms with E-state index in [-0.39, 0.29) is 0 Å². The minimum atomic E-state index is 0.624. The number of para-hydroxylation sites is 3. The summed E-state index contributed by atoms with van der Waals surface area (Å²) in [6, 6.07) is 56.5. The van der Waals surface area contributed by atoms with Crippen LogP contribution in [0.3, 0.4) is 0 Å². The number of furan rings is 1. The minimum absolute atomic E-state index is 0.624.